The highest BCUT2D eigenvalue weighted by Gasteiger charge is 2.42. The second-order valence-electron chi connectivity index (χ2n) is 7.02. The summed E-state index contributed by atoms with van der Waals surface area (Å²) in [6.07, 6.45) is 1.28. The van der Waals surface area contributed by atoms with Crippen LogP contribution in [0.1, 0.15) is 39.9 Å². The number of hydrogen-bond acceptors (Lipinski definition) is 6. The molecule has 3 heterocycles. The molecule has 2 fully saturated rings. The van der Waals surface area contributed by atoms with Gasteiger partial charge < -0.3 is 4.90 Å². The van der Waals surface area contributed by atoms with Crippen LogP contribution in [-0.2, 0) is 25.8 Å². The second-order valence-corrected chi connectivity index (χ2v) is 10.4. The predicted octanol–water partition coefficient (Wildman–Crippen LogP) is 0.416. The minimum absolute atomic E-state index is 0.0242. The molecule has 2 N–H and O–H groups in total. The monoisotopic (exact) mass is 413 g/mol. The van der Waals surface area contributed by atoms with Gasteiger partial charge in [-0.15, -0.1) is 11.3 Å². The first-order chi connectivity index (χ1) is 12.7. The van der Waals surface area contributed by atoms with E-state index < -0.39 is 21.7 Å². The number of likely N-dealkylation sites (tertiary alicyclic amines) is 1. The van der Waals surface area contributed by atoms with Crippen LogP contribution in [0.2, 0.25) is 0 Å². The Morgan fingerprint density at radius 2 is 2.07 bits per heavy atom. The van der Waals surface area contributed by atoms with Gasteiger partial charge in [0.1, 0.15) is 0 Å². The van der Waals surface area contributed by atoms with E-state index in [1.807, 2.05) is 13.8 Å². The quantitative estimate of drug-likeness (QED) is 0.695. The molecule has 2 saturated heterocycles. The normalized spacial score (nSPS) is 24.2. The van der Waals surface area contributed by atoms with E-state index in [2.05, 4.69) is 10.9 Å². The predicted molar refractivity (Wildman–Crippen MR) is 101 cm³/mol. The molecule has 8 nitrogen and oxygen atoms in total. The molecule has 2 atom stereocenters. The number of sulfone groups is 1. The van der Waals surface area contributed by atoms with Gasteiger partial charge in [-0.1, -0.05) is 6.92 Å². The van der Waals surface area contributed by atoms with Gasteiger partial charge in [0.2, 0.25) is 11.8 Å². The highest BCUT2D eigenvalue weighted by Crippen LogP contribution is 2.26. The Morgan fingerprint density at radius 1 is 1.33 bits per heavy atom. The van der Waals surface area contributed by atoms with Gasteiger partial charge in [0, 0.05) is 23.9 Å². The van der Waals surface area contributed by atoms with Crippen LogP contribution in [0.15, 0.2) is 6.07 Å². The van der Waals surface area contributed by atoms with Crippen molar-refractivity contribution in [2.24, 2.45) is 5.92 Å². The fourth-order valence-electron chi connectivity index (χ4n) is 3.55. The lowest BCUT2D eigenvalue weighted by Gasteiger charge is -2.22. The third-order valence-electron chi connectivity index (χ3n) is 5.04. The van der Waals surface area contributed by atoms with E-state index in [0.717, 1.165) is 16.9 Å². The summed E-state index contributed by atoms with van der Waals surface area (Å²) in [5.74, 6) is -1.61. The van der Waals surface area contributed by atoms with Gasteiger partial charge in [-0.3, -0.25) is 25.2 Å². The highest BCUT2D eigenvalue weighted by atomic mass is 32.2. The summed E-state index contributed by atoms with van der Waals surface area (Å²) >= 11 is 1.39. The largest absolute Gasteiger partial charge is 0.338 e. The molecule has 148 valence electrons. The molecule has 10 heteroatoms. The number of thiophene rings is 1. The Bertz CT molecular complexity index is 877. The van der Waals surface area contributed by atoms with Gasteiger partial charge in [0.25, 0.3) is 5.91 Å². The zero-order chi connectivity index (χ0) is 19.8. The number of nitrogens with zero attached hydrogens (tertiary/aromatic N) is 1. The molecule has 0 radical (unpaired) electrons. The fourth-order valence-corrected chi connectivity index (χ4v) is 6.29. The number of hydrogen-bond donors (Lipinski definition) is 2. The SMILES string of the molecule is CCc1sc(C(=O)NNC(=O)[C@@H]2CC(=O)N([C@@H]3CCS(=O)(=O)C3)C2)cc1C. The number of carbonyl (C=O) groups is 3. The molecule has 27 heavy (non-hydrogen) atoms. The highest BCUT2D eigenvalue weighted by molar-refractivity contribution is 7.91. The van der Waals surface area contributed by atoms with E-state index in [9.17, 15) is 22.8 Å². The summed E-state index contributed by atoms with van der Waals surface area (Å²) in [4.78, 5) is 39.8. The molecule has 2 aliphatic rings. The van der Waals surface area contributed by atoms with Gasteiger partial charge in [0.15, 0.2) is 9.84 Å². The van der Waals surface area contributed by atoms with Crippen molar-refractivity contribution in [1.82, 2.24) is 15.8 Å². The van der Waals surface area contributed by atoms with Crippen molar-refractivity contribution in [2.45, 2.75) is 39.2 Å². The van der Waals surface area contributed by atoms with Crippen molar-refractivity contribution >= 4 is 38.9 Å². The van der Waals surface area contributed by atoms with Gasteiger partial charge in [-0.2, -0.15) is 0 Å². The first-order valence-corrected chi connectivity index (χ1v) is 11.5. The molecule has 2 aliphatic heterocycles. The number of nitrogens with one attached hydrogen (secondary N) is 2. The molecule has 1 aromatic rings. The smallest absolute Gasteiger partial charge is 0.279 e. The minimum atomic E-state index is -3.10. The third kappa shape index (κ3) is 4.32. The van der Waals surface area contributed by atoms with Crippen molar-refractivity contribution in [1.29, 1.82) is 0 Å². The summed E-state index contributed by atoms with van der Waals surface area (Å²) < 4.78 is 23.2. The summed E-state index contributed by atoms with van der Waals surface area (Å²) in [5, 5.41) is 0. The van der Waals surface area contributed by atoms with E-state index in [0.29, 0.717) is 11.3 Å². The van der Waals surface area contributed by atoms with E-state index in [4.69, 9.17) is 0 Å². The Morgan fingerprint density at radius 3 is 2.67 bits per heavy atom. The van der Waals surface area contributed by atoms with Crippen LogP contribution >= 0.6 is 11.3 Å². The zero-order valence-corrected chi connectivity index (χ0v) is 16.9. The van der Waals surface area contributed by atoms with Gasteiger partial charge in [0.05, 0.1) is 22.3 Å². The number of hydrazine groups is 1. The maximum Gasteiger partial charge on any atom is 0.279 e. The maximum atomic E-state index is 12.3. The standard InChI is InChI=1S/C17H23N3O5S2/c1-3-13-10(2)6-14(26-13)17(23)19-18-16(22)11-7-15(21)20(8-11)12-4-5-27(24,25)9-12/h6,11-12H,3-5,7-9H2,1-2H3,(H,18,22)(H,19,23)/t11-,12-/m1/s1. The lowest BCUT2D eigenvalue weighted by molar-refractivity contribution is -0.130. The topological polar surface area (TPSA) is 113 Å². The van der Waals surface area contributed by atoms with Crippen LogP contribution < -0.4 is 10.9 Å². The molecule has 0 aromatic carbocycles. The van der Waals surface area contributed by atoms with Gasteiger partial charge in [-0.05, 0) is 31.4 Å². The second kappa shape index (κ2) is 7.59. The third-order valence-corrected chi connectivity index (χ3v) is 8.17. The molecule has 0 bridgehead atoms. The van der Waals surface area contributed by atoms with Gasteiger partial charge >= 0.3 is 0 Å². The summed E-state index contributed by atoms with van der Waals surface area (Å²) in [6, 6.07) is 1.43. The van der Waals surface area contributed by atoms with E-state index in [1.54, 1.807) is 6.07 Å². The summed E-state index contributed by atoms with van der Waals surface area (Å²) in [6.45, 7) is 4.13. The minimum Gasteiger partial charge on any atom is -0.338 e. The van der Waals surface area contributed by atoms with Crippen molar-refractivity contribution in [3.63, 3.8) is 0 Å². The van der Waals surface area contributed by atoms with Crippen molar-refractivity contribution in [2.75, 3.05) is 18.1 Å². The van der Waals surface area contributed by atoms with Crippen LogP contribution in [0, 0.1) is 12.8 Å². The van der Waals surface area contributed by atoms with Gasteiger partial charge in [-0.25, -0.2) is 8.42 Å². The first kappa shape index (κ1) is 19.8. The molecule has 0 saturated carbocycles. The average Bonchev–Trinajstić information content (AvgIpc) is 3.28. The summed E-state index contributed by atoms with van der Waals surface area (Å²) in [5.41, 5.74) is 5.83. The van der Waals surface area contributed by atoms with E-state index >= 15 is 0 Å². The van der Waals surface area contributed by atoms with Crippen LogP contribution in [0.25, 0.3) is 0 Å². The van der Waals surface area contributed by atoms with Crippen LogP contribution in [-0.4, -0.2) is 55.1 Å². The van der Waals surface area contributed by atoms with E-state index in [1.165, 1.54) is 16.2 Å². The summed E-state index contributed by atoms with van der Waals surface area (Å²) in [7, 11) is -3.10. The van der Waals surface area contributed by atoms with Crippen LogP contribution in [0.3, 0.4) is 0 Å². The molecule has 0 unspecified atom stereocenters. The number of rotatable bonds is 4. The molecule has 3 rings (SSSR count). The van der Waals surface area contributed by atoms with Crippen LogP contribution in [0.4, 0.5) is 0 Å². The van der Waals surface area contributed by atoms with Crippen molar-refractivity contribution in [3.8, 4) is 0 Å². The number of amides is 3. The zero-order valence-electron chi connectivity index (χ0n) is 15.3. The molecule has 0 aliphatic carbocycles. The van der Waals surface area contributed by atoms with Crippen molar-refractivity contribution < 1.29 is 22.8 Å². The molecular weight excluding hydrogens is 390 g/mol. The maximum absolute atomic E-state index is 12.3. The number of carbonyl (C=O) groups excluding carboxylic acids is 3. The lowest BCUT2D eigenvalue weighted by Crippen LogP contribution is -2.45. The Labute approximate surface area is 162 Å². The fraction of sp³-hybridized carbons (Fsp3) is 0.588. The lowest BCUT2D eigenvalue weighted by atomic mass is 10.1. The average molecular weight is 414 g/mol. The van der Waals surface area contributed by atoms with Crippen LogP contribution in [0.5, 0.6) is 0 Å². The molecule has 0 spiro atoms. The van der Waals surface area contributed by atoms with Crippen molar-refractivity contribution in [3.05, 3.63) is 21.4 Å². The Balaban J connectivity index is 1.54. The van der Waals surface area contributed by atoms with E-state index in [-0.39, 0.29) is 42.3 Å². The first-order valence-electron chi connectivity index (χ1n) is 8.89. The molecular formula is C17H23N3O5S2. The number of aryl methyl sites for hydroxylation is 2. The Hall–Kier alpha value is -1.94. The Kier molecular flexibility index (Phi) is 5.57. The molecule has 1 aromatic heterocycles. The molecule has 3 amide bonds.